The van der Waals surface area contributed by atoms with Crippen LogP contribution in [0.2, 0.25) is 0 Å². The highest BCUT2D eigenvalue weighted by atomic mass is 19.1. The fourth-order valence-corrected chi connectivity index (χ4v) is 2.69. The third kappa shape index (κ3) is 2.61. The van der Waals surface area contributed by atoms with Gasteiger partial charge in [-0.3, -0.25) is 9.59 Å². The summed E-state index contributed by atoms with van der Waals surface area (Å²) in [6.45, 7) is 0.989. The van der Waals surface area contributed by atoms with E-state index in [-0.39, 0.29) is 24.6 Å². The third-order valence-electron chi connectivity index (χ3n) is 3.88. The van der Waals surface area contributed by atoms with E-state index in [1.807, 2.05) is 0 Å². The summed E-state index contributed by atoms with van der Waals surface area (Å²) >= 11 is 0. The molecule has 0 radical (unpaired) electrons. The highest BCUT2D eigenvalue weighted by molar-refractivity contribution is 5.94. The van der Waals surface area contributed by atoms with Gasteiger partial charge in [-0.15, -0.1) is 0 Å². The predicted molar refractivity (Wildman–Crippen MR) is 68.6 cm³/mol. The van der Waals surface area contributed by atoms with E-state index in [9.17, 15) is 18.4 Å². The molecule has 2 fully saturated rings. The molecule has 2 amide bonds. The molecular formula is C14H14F2N2O3. The maximum absolute atomic E-state index is 13.7. The zero-order valence-electron chi connectivity index (χ0n) is 11.2. The summed E-state index contributed by atoms with van der Waals surface area (Å²) in [4.78, 5) is 24.9. The second kappa shape index (κ2) is 5.07. The minimum Gasteiger partial charge on any atom is -0.361 e. The summed E-state index contributed by atoms with van der Waals surface area (Å²) in [6.07, 6.45) is 0.571. The molecule has 21 heavy (non-hydrogen) atoms. The number of benzene rings is 1. The lowest BCUT2D eigenvalue weighted by Gasteiger charge is -2.33. The maximum Gasteiger partial charge on any atom is 0.256 e. The molecule has 1 atom stereocenters. The van der Waals surface area contributed by atoms with Crippen LogP contribution in [0.3, 0.4) is 0 Å². The molecular weight excluding hydrogens is 282 g/mol. The van der Waals surface area contributed by atoms with Crippen LogP contribution in [0.1, 0.15) is 16.8 Å². The molecule has 1 spiro atoms. The lowest BCUT2D eigenvalue weighted by molar-refractivity contribution is -0.141. The number of rotatable bonds is 1. The first-order chi connectivity index (χ1) is 9.99. The molecule has 2 aliphatic heterocycles. The Morgan fingerprint density at radius 1 is 1.38 bits per heavy atom. The van der Waals surface area contributed by atoms with Crippen molar-refractivity contribution in [3.8, 4) is 0 Å². The molecule has 2 aliphatic rings. The number of likely N-dealkylation sites (tertiary alicyclic amines) is 1. The number of nitrogens with one attached hydrogen (secondary N) is 1. The van der Waals surface area contributed by atoms with Gasteiger partial charge in [0.2, 0.25) is 5.91 Å². The van der Waals surface area contributed by atoms with Crippen molar-refractivity contribution in [2.75, 3.05) is 26.2 Å². The molecule has 7 heteroatoms. The number of morpholine rings is 1. The summed E-state index contributed by atoms with van der Waals surface area (Å²) in [6, 6.07) is 2.89. The van der Waals surface area contributed by atoms with Gasteiger partial charge < -0.3 is 15.0 Å². The van der Waals surface area contributed by atoms with E-state index in [0.717, 1.165) is 12.1 Å². The first kappa shape index (κ1) is 13.9. The molecule has 2 heterocycles. The molecule has 0 bridgehead atoms. The third-order valence-corrected chi connectivity index (χ3v) is 3.88. The Kier molecular flexibility index (Phi) is 3.36. The highest BCUT2D eigenvalue weighted by Crippen LogP contribution is 2.28. The summed E-state index contributed by atoms with van der Waals surface area (Å²) in [5.41, 5.74) is -0.756. The minimum absolute atomic E-state index is 0.0348. The van der Waals surface area contributed by atoms with Crippen molar-refractivity contribution < 1.29 is 23.1 Å². The Morgan fingerprint density at radius 2 is 2.19 bits per heavy atom. The van der Waals surface area contributed by atoms with Gasteiger partial charge in [-0.25, -0.2) is 8.78 Å². The van der Waals surface area contributed by atoms with Crippen LogP contribution in [0.15, 0.2) is 18.2 Å². The standard InChI is InChI=1S/C14H14F2N2O3/c15-9-1-2-10(11(16)5-9)13(20)18-4-3-14(8-18)7-17-12(19)6-21-14/h1-2,5H,3-4,6-8H2,(H,17,19). The molecule has 2 saturated heterocycles. The Morgan fingerprint density at radius 3 is 2.86 bits per heavy atom. The van der Waals surface area contributed by atoms with Crippen LogP contribution in [-0.2, 0) is 9.53 Å². The number of amides is 2. The molecule has 5 nitrogen and oxygen atoms in total. The first-order valence-corrected chi connectivity index (χ1v) is 6.64. The van der Waals surface area contributed by atoms with E-state index in [4.69, 9.17) is 4.74 Å². The number of nitrogens with zero attached hydrogens (tertiary/aromatic N) is 1. The summed E-state index contributed by atoms with van der Waals surface area (Å²) < 4.78 is 32.1. The monoisotopic (exact) mass is 296 g/mol. The number of carbonyl (C=O) groups excluding carboxylic acids is 2. The van der Waals surface area contributed by atoms with E-state index >= 15 is 0 Å². The van der Waals surface area contributed by atoms with Gasteiger partial charge in [0, 0.05) is 19.2 Å². The zero-order chi connectivity index (χ0) is 15.0. The molecule has 1 unspecified atom stereocenters. The van der Waals surface area contributed by atoms with Crippen LogP contribution in [0.25, 0.3) is 0 Å². The van der Waals surface area contributed by atoms with E-state index in [1.165, 1.54) is 4.90 Å². The molecule has 1 aromatic carbocycles. The van der Waals surface area contributed by atoms with Crippen molar-refractivity contribution in [1.82, 2.24) is 10.2 Å². The van der Waals surface area contributed by atoms with Gasteiger partial charge in [0.05, 0.1) is 12.1 Å². The molecule has 3 rings (SSSR count). The fraction of sp³-hybridized carbons (Fsp3) is 0.429. The van der Waals surface area contributed by atoms with E-state index in [2.05, 4.69) is 5.32 Å². The molecule has 1 N–H and O–H groups in total. The van der Waals surface area contributed by atoms with Crippen LogP contribution < -0.4 is 5.32 Å². The second-order valence-corrected chi connectivity index (χ2v) is 5.35. The van der Waals surface area contributed by atoms with Crippen LogP contribution in [0.4, 0.5) is 8.78 Å². The second-order valence-electron chi connectivity index (χ2n) is 5.35. The van der Waals surface area contributed by atoms with Gasteiger partial charge >= 0.3 is 0 Å². The largest absolute Gasteiger partial charge is 0.361 e. The highest BCUT2D eigenvalue weighted by Gasteiger charge is 2.44. The van der Waals surface area contributed by atoms with Crippen molar-refractivity contribution in [1.29, 1.82) is 0 Å². The lowest BCUT2D eigenvalue weighted by atomic mass is 10.0. The van der Waals surface area contributed by atoms with Crippen LogP contribution >= 0.6 is 0 Å². The normalized spacial score (nSPS) is 25.2. The van der Waals surface area contributed by atoms with Crippen molar-refractivity contribution in [3.63, 3.8) is 0 Å². The van der Waals surface area contributed by atoms with Gasteiger partial charge in [-0.05, 0) is 18.6 Å². The Balaban J connectivity index is 1.74. The predicted octanol–water partition coefficient (Wildman–Crippen LogP) is 0.696. The number of hydrogen-bond acceptors (Lipinski definition) is 3. The van der Waals surface area contributed by atoms with Crippen molar-refractivity contribution >= 4 is 11.8 Å². The molecule has 1 aromatic rings. The van der Waals surface area contributed by atoms with E-state index in [0.29, 0.717) is 25.6 Å². The van der Waals surface area contributed by atoms with Crippen LogP contribution in [0.5, 0.6) is 0 Å². The van der Waals surface area contributed by atoms with Crippen LogP contribution in [0, 0.1) is 11.6 Å². The topological polar surface area (TPSA) is 58.6 Å². The van der Waals surface area contributed by atoms with E-state index < -0.39 is 23.1 Å². The number of carbonyl (C=O) groups is 2. The quantitative estimate of drug-likeness (QED) is 0.830. The Bertz CT molecular complexity index is 596. The Labute approximate surface area is 119 Å². The SMILES string of the molecule is O=C1COC2(CCN(C(=O)c3ccc(F)cc3F)C2)CN1. The minimum atomic E-state index is -0.876. The molecule has 0 aromatic heterocycles. The van der Waals surface area contributed by atoms with Crippen molar-refractivity contribution in [2.24, 2.45) is 0 Å². The smallest absolute Gasteiger partial charge is 0.256 e. The number of hydrogen-bond donors (Lipinski definition) is 1. The summed E-state index contributed by atoms with van der Waals surface area (Å²) in [5, 5.41) is 2.71. The Hall–Kier alpha value is -2.02. The van der Waals surface area contributed by atoms with Gasteiger partial charge in [-0.2, -0.15) is 0 Å². The summed E-state index contributed by atoms with van der Waals surface area (Å²) in [7, 11) is 0. The van der Waals surface area contributed by atoms with Gasteiger partial charge in [0.1, 0.15) is 23.8 Å². The average molecular weight is 296 g/mol. The van der Waals surface area contributed by atoms with Gasteiger partial charge in [0.25, 0.3) is 5.91 Å². The van der Waals surface area contributed by atoms with Crippen LogP contribution in [-0.4, -0.2) is 48.6 Å². The van der Waals surface area contributed by atoms with E-state index in [1.54, 1.807) is 0 Å². The fourth-order valence-electron chi connectivity index (χ4n) is 2.69. The van der Waals surface area contributed by atoms with Crippen molar-refractivity contribution in [2.45, 2.75) is 12.0 Å². The molecule has 0 saturated carbocycles. The number of halogens is 2. The first-order valence-electron chi connectivity index (χ1n) is 6.64. The lowest BCUT2D eigenvalue weighted by Crippen LogP contribution is -2.54. The molecule has 112 valence electrons. The number of ether oxygens (including phenoxy) is 1. The van der Waals surface area contributed by atoms with Crippen molar-refractivity contribution in [3.05, 3.63) is 35.4 Å². The summed E-state index contributed by atoms with van der Waals surface area (Å²) in [5.74, 6) is -2.28. The molecule has 0 aliphatic carbocycles. The average Bonchev–Trinajstić information content (AvgIpc) is 2.86. The maximum atomic E-state index is 13.7. The van der Waals surface area contributed by atoms with Gasteiger partial charge in [-0.1, -0.05) is 0 Å². The zero-order valence-corrected chi connectivity index (χ0v) is 11.2. The van der Waals surface area contributed by atoms with Gasteiger partial charge in [0.15, 0.2) is 0 Å².